The topological polar surface area (TPSA) is 102 Å². The minimum absolute atomic E-state index is 0.151. The third-order valence-corrected chi connectivity index (χ3v) is 2.23. The molecule has 6 nitrogen and oxygen atoms in total. The number of carboxylic acid groups (broad SMARTS) is 1. The molecule has 3 N–H and O–H groups in total. The lowest BCUT2D eigenvalue weighted by Crippen LogP contribution is -2.45. The van der Waals surface area contributed by atoms with E-state index in [2.05, 4.69) is 10.6 Å². The first-order chi connectivity index (χ1) is 8.58. The molecule has 1 atom stereocenters. The second-order valence-electron chi connectivity index (χ2n) is 5.60. The molecule has 0 aliphatic rings. The lowest BCUT2D eigenvalue weighted by atomic mass is 10.0. The molecule has 0 bridgehead atoms. The molecule has 6 heteroatoms. The summed E-state index contributed by atoms with van der Waals surface area (Å²) in [6, 6.07) is 0.736. The fourth-order valence-electron chi connectivity index (χ4n) is 1.17. The van der Waals surface area contributed by atoms with Crippen LogP contribution < -0.4 is 10.6 Å². The van der Waals surface area contributed by atoms with Gasteiger partial charge in [0, 0.05) is 11.7 Å². The molecule has 19 heavy (non-hydrogen) atoms. The van der Waals surface area contributed by atoms with Gasteiger partial charge in [-0.15, -0.1) is 0 Å². The summed E-state index contributed by atoms with van der Waals surface area (Å²) >= 11 is 0. The Morgan fingerprint density at radius 3 is 2.16 bits per heavy atom. The first-order valence-corrected chi connectivity index (χ1v) is 6.00. The van der Waals surface area contributed by atoms with Crippen LogP contribution >= 0.6 is 0 Å². The van der Waals surface area contributed by atoms with Gasteiger partial charge in [-0.05, 0) is 26.7 Å². The van der Waals surface area contributed by atoms with Gasteiger partial charge in [0.15, 0.2) is 0 Å². The minimum atomic E-state index is -1.12. The second-order valence-corrected chi connectivity index (χ2v) is 5.60. The Morgan fingerprint density at radius 1 is 1.32 bits per heavy atom. The smallest absolute Gasteiger partial charge is 0.326 e. The van der Waals surface area contributed by atoms with Crippen molar-refractivity contribution in [1.82, 2.24) is 10.6 Å². The minimum Gasteiger partial charge on any atom is -0.480 e. The van der Waals surface area contributed by atoms with Gasteiger partial charge in [0.25, 0.3) is 5.91 Å². The van der Waals surface area contributed by atoms with Crippen LogP contribution in [0.3, 0.4) is 0 Å². The Hall–Kier alpha value is -2.03. The SMILES string of the molecule is CC(C)C(NC(=O)/C(C#N)=C\NC(C)(C)C)C(=O)O. The number of hydrogen-bond acceptors (Lipinski definition) is 4. The number of amides is 1. The van der Waals surface area contributed by atoms with Gasteiger partial charge in [-0.2, -0.15) is 5.26 Å². The average Bonchev–Trinajstić information content (AvgIpc) is 2.24. The highest BCUT2D eigenvalue weighted by molar-refractivity contribution is 5.99. The maximum absolute atomic E-state index is 11.8. The molecule has 0 aromatic heterocycles. The summed E-state index contributed by atoms with van der Waals surface area (Å²) in [5.41, 5.74) is -0.436. The summed E-state index contributed by atoms with van der Waals surface area (Å²) in [6.45, 7) is 9.00. The lowest BCUT2D eigenvalue weighted by molar-refractivity contribution is -0.142. The van der Waals surface area contributed by atoms with Crippen molar-refractivity contribution in [3.05, 3.63) is 11.8 Å². The highest BCUT2D eigenvalue weighted by atomic mass is 16.4. The van der Waals surface area contributed by atoms with Gasteiger partial charge in [0.1, 0.15) is 17.7 Å². The molecule has 0 radical (unpaired) electrons. The van der Waals surface area contributed by atoms with Gasteiger partial charge in [-0.3, -0.25) is 4.79 Å². The maximum Gasteiger partial charge on any atom is 0.326 e. The fourth-order valence-corrected chi connectivity index (χ4v) is 1.17. The number of nitrogens with one attached hydrogen (secondary N) is 2. The van der Waals surface area contributed by atoms with Crippen LogP contribution in [0, 0.1) is 17.2 Å². The van der Waals surface area contributed by atoms with Crippen molar-refractivity contribution >= 4 is 11.9 Å². The van der Waals surface area contributed by atoms with E-state index >= 15 is 0 Å². The van der Waals surface area contributed by atoms with E-state index in [0.29, 0.717) is 0 Å². The van der Waals surface area contributed by atoms with Gasteiger partial charge >= 0.3 is 5.97 Å². The van der Waals surface area contributed by atoms with Gasteiger partial charge in [0.2, 0.25) is 0 Å². The van der Waals surface area contributed by atoms with E-state index in [1.54, 1.807) is 19.9 Å². The van der Waals surface area contributed by atoms with Gasteiger partial charge < -0.3 is 15.7 Å². The van der Waals surface area contributed by atoms with Gasteiger partial charge in [0.05, 0.1) is 0 Å². The number of carbonyl (C=O) groups is 2. The Bertz CT molecular complexity index is 414. The first kappa shape index (κ1) is 17.0. The quantitative estimate of drug-likeness (QED) is 0.509. The summed E-state index contributed by atoms with van der Waals surface area (Å²) < 4.78 is 0. The Kier molecular flexibility index (Phi) is 6.06. The molecule has 0 spiro atoms. The number of nitrogens with zero attached hydrogens (tertiary/aromatic N) is 1. The van der Waals surface area contributed by atoms with E-state index in [1.165, 1.54) is 6.20 Å². The van der Waals surface area contributed by atoms with Crippen LogP contribution in [0.4, 0.5) is 0 Å². The van der Waals surface area contributed by atoms with Crippen molar-refractivity contribution in [2.75, 3.05) is 0 Å². The van der Waals surface area contributed by atoms with E-state index in [4.69, 9.17) is 10.4 Å². The zero-order valence-electron chi connectivity index (χ0n) is 11.9. The molecule has 0 fully saturated rings. The molecule has 0 aliphatic heterocycles. The van der Waals surface area contributed by atoms with E-state index < -0.39 is 17.9 Å². The van der Waals surface area contributed by atoms with Gasteiger partial charge in [-0.25, -0.2) is 4.79 Å². The van der Waals surface area contributed by atoms with E-state index in [0.717, 1.165) is 0 Å². The normalized spacial score (nSPS) is 13.6. The first-order valence-electron chi connectivity index (χ1n) is 6.00. The highest BCUT2D eigenvalue weighted by Gasteiger charge is 2.25. The fraction of sp³-hybridized carbons (Fsp3) is 0.615. The number of hydrogen-bond donors (Lipinski definition) is 3. The van der Waals surface area contributed by atoms with Crippen LogP contribution in [0.25, 0.3) is 0 Å². The van der Waals surface area contributed by atoms with Crippen LogP contribution in [0.5, 0.6) is 0 Å². The molecule has 1 unspecified atom stereocenters. The summed E-state index contributed by atoms with van der Waals surface area (Å²) in [6.07, 6.45) is 1.30. The van der Waals surface area contributed by atoms with Crippen molar-refractivity contribution in [2.24, 2.45) is 5.92 Å². The van der Waals surface area contributed by atoms with E-state index in [1.807, 2.05) is 20.8 Å². The highest BCUT2D eigenvalue weighted by Crippen LogP contribution is 2.04. The zero-order chi connectivity index (χ0) is 15.2. The molecule has 0 aromatic rings. The summed E-state index contributed by atoms with van der Waals surface area (Å²) in [4.78, 5) is 22.8. The van der Waals surface area contributed by atoms with Crippen molar-refractivity contribution in [3.63, 3.8) is 0 Å². The third-order valence-electron chi connectivity index (χ3n) is 2.23. The maximum atomic E-state index is 11.8. The largest absolute Gasteiger partial charge is 0.480 e. The van der Waals surface area contributed by atoms with Crippen molar-refractivity contribution in [1.29, 1.82) is 5.26 Å². The second kappa shape index (κ2) is 6.78. The molecule has 0 saturated carbocycles. The van der Waals surface area contributed by atoms with Crippen LogP contribution in [0.15, 0.2) is 11.8 Å². The number of nitriles is 1. The number of carbonyl (C=O) groups excluding carboxylic acids is 1. The molecular weight excluding hydrogens is 246 g/mol. The predicted octanol–water partition coefficient (Wildman–Crippen LogP) is 1.01. The Balaban J connectivity index is 4.88. The zero-order valence-corrected chi connectivity index (χ0v) is 11.9. The van der Waals surface area contributed by atoms with E-state index in [-0.39, 0.29) is 17.0 Å². The molecule has 0 rings (SSSR count). The Morgan fingerprint density at radius 2 is 1.84 bits per heavy atom. The summed E-state index contributed by atoms with van der Waals surface area (Å²) in [5.74, 6) is -2.08. The predicted molar refractivity (Wildman–Crippen MR) is 71.0 cm³/mol. The summed E-state index contributed by atoms with van der Waals surface area (Å²) in [7, 11) is 0. The molecular formula is C13H21N3O3. The van der Waals surface area contributed by atoms with Crippen LogP contribution in [0.2, 0.25) is 0 Å². The van der Waals surface area contributed by atoms with Gasteiger partial charge in [-0.1, -0.05) is 13.8 Å². The molecule has 1 amide bonds. The van der Waals surface area contributed by atoms with E-state index in [9.17, 15) is 9.59 Å². The lowest BCUT2D eigenvalue weighted by Gasteiger charge is -2.20. The van der Waals surface area contributed by atoms with Crippen molar-refractivity contribution in [3.8, 4) is 6.07 Å². The Labute approximate surface area is 113 Å². The number of aliphatic carboxylic acids is 1. The third kappa shape index (κ3) is 6.46. The molecule has 0 aromatic carbocycles. The van der Waals surface area contributed by atoms with Crippen LogP contribution in [-0.4, -0.2) is 28.6 Å². The molecule has 0 saturated heterocycles. The van der Waals surface area contributed by atoms with Crippen molar-refractivity contribution < 1.29 is 14.7 Å². The van der Waals surface area contributed by atoms with Crippen molar-refractivity contribution in [2.45, 2.75) is 46.2 Å². The summed E-state index contributed by atoms with van der Waals surface area (Å²) in [5, 5.41) is 23.1. The van der Waals surface area contributed by atoms with Crippen LogP contribution in [0.1, 0.15) is 34.6 Å². The molecule has 0 aliphatic carbocycles. The molecule has 106 valence electrons. The molecule has 0 heterocycles. The standard InChI is InChI=1S/C13H21N3O3/c1-8(2)10(12(18)19)16-11(17)9(6-14)7-15-13(3,4)5/h7-8,10,15H,1-5H3,(H,16,17)(H,18,19)/b9-7-. The average molecular weight is 267 g/mol. The number of rotatable bonds is 5. The number of carboxylic acids is 1. The monoisotopic (exact) mass is 267 g/mol. The van der Waals surface area contributed by atoms with Crippen LogP contribution in [-0.2, 0) is 9.59 Å².